The van der Waals surface area contributed by atoms with Crippen LogP contribution >= 0.6 is 0 Å². The van der Waals surface area contributed by atoms with Gasteiger partial charge in [0.15, 0.2) is 0 Å². The molecule has 0 saturated heterocycles. The van der Waals surface area contributed by atoms with Crippen molar-refractivity contribution < 1.29 is 0 Å². The minimum absolute atomic E-state index is 0.677. The maximum atomic E-state index is 4.94. The molecule has 0 amide bonds. The van der Waals surface area contributed by atoms with E-state index in [1.807, 2.05) is 97.1 Å². The van der Waals surface area contributed by atoms with Gasteiger partial charge in [-0.1, -0.05) is 36.4 Å². The van der Waals surface area contributed by atoms with Gasteiger partial charge in [0, 0.05) is 23.2 Å². The monoisotopic (exact) mass is 490 g/mol. The Morgan fingerprint density at radius 2 is 0.684 bits per heavy atom. The zero-order chi connectivity index (χ0) is 25.3. The van der Waals surface area contributed by atoms with Gasteiger partial charge >= 0.3 is 0 Å². The van der Waals surface area contributed by atoms with Crippen LogP contribution in [0, 0.1) is 0 Å². The van der Waals surface area contributed by atoms with E-state index in [0.717, 1.165) is 44.6 Å². The van der Waals surface area contributed by atoms with Crippen molar-refractivity contribution in [2.75, 3.05) is 0 Å². The van der Waals surface area contributed by atoms with E-state index in [1.54, 1.807) is 12.4 Å². The Kier molecular flexibility index (Phi) is 5.26. The summed E-state index contributed by atoms with van der Waals surface area (Å²) in [5, 5.41) is 19.5. The van der Waals surface area contributed by atoms with Crippen LogP contribution in [0.4, 0.5) is 0 Å². The van der Waals surface area contributed by atoms with Gasteiger partial charge in [-0.2, -0.15) is 0 Å². The van der Waals surface area contributed by atoms with E-state index in [-0.39, 0.29) is 0 Å². The number of nitrogens with zero attached hydrogens (tertiary/aromatic N) is 8. The predicted molar refractivity (Wildman–Crippen MR) is 146 cm³/mol. The van der Waals surface area contributed by atoms with E-state index in [4.69, 9.17) is 9.97 Å². The maximum absolute atomic E-state index is 4.94. The number of hydrogen-bond donors (Lipinski definition) is 0. The van der Waals surface area contributed by atoms with E-state index in [2.05, 4.69) is 30.4 Å². The average molecular weight is 491 g/mol. The molecule has 0 unspecified atom stereocenters. The number of benzene rings is 1. The molecule has 0 saturated carbocycles. The van der Waals surface area contributed by atoms with E-state index in [1.165, 1.54) is 0 Å². The summed E-state index contributed by atoms with van der Waals surface area (Å²) >= 11 is 0. The lowest BCUT2D eigenvalue weighted by atomic mass is 10.1. The summed E-state index contributed by atoms with van der Waals surface area (Å²) in [6, 6.07) is 31.1. The summed E-state index contributed by atoms with van der Waals surface area (Å²) in [6.07, 6.45) is 3.48. The van der Waals surface area contributed by atoms with Gasteiger partial charge in [0.25, 0.3) is 0 Å². The smallest absolute Gasteiger partial charge is 0.111 e. The van der Waals surface area contributed by atoms with Gasteiger partial charge in [-0.15, -0.1) is 20.4 Å². The summed E-state index contributed by atoms with van der Waals surface area (Å²) in [5.74, 6) is 0. The largest absolute Gasteiger partial charge is 0.255 e. The first-order chi connectivity index (χ1) is 18.8. The van der Waals surface area contributed by atoms with Crippen LogP contribution < -0.4 is 0 Å². The van der Waals surface area contributed by atoms with Crippen molar-refractivity contribution in [2.24, 2.45) is 0 Å². The Morgan fingerprint density at radius 3 is 1.05 bits per heavy atom. The summed E-state index contributed by atoms with van der Waals surface area (Å²) < 4.78 is 0. The van der Waals surface area contributed by atoms with Crippen LogP contribution in [0.5, 0.6) is 0 Å². The number of fused-ring (bicyclic) bond motifs is 3. The molecule has 8 nitrogen and oxygen atoms in total. The Labute approximate surface area is 217 Å². The van der Waals surface area contributed by atoms with Gasteiger partial charge in [0.1, 0.15) is 22.8 Å². The quantitative estimate of drug-likeness (QED) is 0.284. The van der Waals surface area contributed by atoms with E-state index < -0.39 is 0 Å². The second-order valence-corrected chi connectivity index (χ2v) is 8.64. The molecule has 0 N–H and O–H groups in total. The second kappa shape index (κ2) is 9.18. The van der Waals surface area contributed by atoms with Crippen LogP contribution in [-0.4, -0.2) is 40.3 Å². The highest BCUT2D eigenvalue weighted by molar-refractivity contribution is 6.04. The van der Waals surface area contributed by atoms with Gasteiger partial charge in [-0.05, 0) is 60.7 Å². The molecule has 8 heteroatoms. The van der Waals surface area contributed by atoms with Crippen molar-refractivity contribution in [1.82, 2.24) is 40.3 Å². The van der Waals surface area contributed by atoms with Crippen molar-refractivity contribution in [1.29, 1.82) is 0 Å². The normalized spacial score (nSPS) is 11.2. The first-order valence-corrected chi connectivity index (χ1v) is 12.0. The minimum Gasteiger partial charge on any atom is -0.255 e. The third-order valence-corrected chi connectivity index (χ3v) is 6.23. The van der Waals surface area contributed by atoms with Crippen LogP contribution in [0.2, 0.25) is 0 Å². The van der Waals surface area contributed by atoms with E-state index >= 15 is 0 Å². The Morgan fingerprint density at radius 1 is 0.316 bits per heavy atom. The fourth-order valence-electron chi connectivity index (χ4n) is 4.29. The average Bonchev–Trinajstić information content (AvgIpc) is 3.01. The number of hydrogen-bond acceptors (Lipinski definition) is 8. The first kappa shape index (κ1) is 21.8. The molecule has 0 fully saturated rings. The van der Waals surface area contributed by atoms with Crippen LogP contribution in [0.15, 0.2) is 109 Å². The molecule has 178 valence electrons. The van der Waals surface area contributed by atoms with Crippen LogP contribution in [0.25, 0.3) is 67.4 Å². The van der Waals surface area contributed by atoms with Gasteiger partial charge in [-0.3, -0.25) is 9.97 Å². The minimum atomic E-state index is 0.677. The third kappa shape index (κ3) is 4.00. The zero-order valence-corrected chi connectivity index (χ0v) is 20.0. The fraction of sp³-hybridized carbons (Fsp3) is 0. The van der Waals surface area contributed by atoms with Gasteiger partial charge in [0.2, 0.25) is 0 Å². The lowest BCUT2D eigenvalue weighted by molar-refractivity contribution is 1.03. The molecular formula is C30H18N8. The molecule has 0 aliphatic carbocycles. The Hall–Kier alpha value is -5.50. The highest BCUT2D eigenvalue weighted by atomic mass is 15.1. The Balaban J connectivity index is 1.27. The standard InChI is InChI=1S/C30H18N8/c1-3-17-31-21(5-1)25-13-15-27(37-35-25)23-11-9-19-7-8-20-10-12-24(34-30(20)29(19)33-23)28-16-14-26(36-38-28)22-6-2-4-18-32-22/h1-18H. The molecule has 6 heterocycles. The molecule has 6 aromatic heterocycles. The van der Waals surface area contributed by atoms with Gasteiger partial charge in [0.05, 0.1) is 33.8 Å². The summed E-state index contributed by atoms with van der Waals surface area (Å²) in [7, 11) is 0. The van der Waals surface area contributed by atoms with Crippen LogP contribution in [-0.2, 0) is 0 Å². The number of rotatable bonds is 4. The molecule has 0 aliphatic heterocycles. The number of aromatic nitrogens is 8. The van der Waals surface area contributed by atoms with Crippen molar-refractivity contribution in [2.45, 2.75) is 0 Å². The highest BCUT2D eigenvalue weighted by Crippen LogP contribution is 2.28. The predicted octanol–water partition coefficient (Wildman–Crippen LogP) is 5.82. The molecule has 7 aromatic rings. The molecular weight excluding hydrogens is 472 g/mol. The zero-order valence-electron chi connectivity index (χ0n) is 20.0. The van der Waals surface area contributed by atoms with Crippen LogP contribution in [0.3, 0.4) is 0 Å². The Bertz CT molecular complexity index is 1750. The van der Waals surface area contributed by atoms with Crippen LogP contribution in [0.1, 0.15) is 0 Å². The lowest BCUT2D eigenvalue weighted by Crippen LogP contribution is -1.96. The molecule has 38 heavy (non-hydrogen) atoms. The summed E-state index contributed by atoms with van der Waals surface area (Å²) in [6.45, 7) is 0. The number of pyridine rings is 4. The third-order valence-electron chi connectivity index (χ3n) is 6.23. The summed E-state index contributed by atoms with van der Waals surface area (Å²) in [4.78, 5) is 18.6. The molecule has 0 atom stereocenters. The molecule has 0 aliphatic rings. The molecule has 1 aromatic carbocycles. The van der Waals surface area contributed by atoms with Gasteiger partial charge in [-0.25, -0.2) is 9.97 Å². The molecule has 0 spiro atoms. The van der Waals surface area contributed by atoms with E-state index in [9.17, 15) is 0 Å². The molecule has 7 rings (SSSR count). The molecule has 0 radical (unpaired) electrons. The van der Waals surface area contributed by atoms with Crippen molar-refractivity contribution in [3.05, 3.63) is 109 Å². The maximum Gasteiger partial charge on any atom is 0.111 e. The van der Waals surface area contributed by atoms with Crippen molar-refractivity contribution >= 4 is 21.8 Å². The summed E-state index contributed by atoms with van der Waals surface area (Å²) in [5.41, 5.74) is 7.34. The SMILES string of the molecule is c1ccc(-c2ccc(-c3ccc4ccc5ccc(-c6ccc(-c7ccccn7)nn6)nc5c4n3)nn2)nc1. The van der Waals surface area contributed by atoms with Gasteiger partial charge < -0.3 is 0 Å². The van der Waals surface area contributed by atoms with Crippen molar-refractivity contribution in [3.63, 3.8) is 0 Å². The topological polar surface area (TPSA) is 103 Å². The lowest BCUT2D eigenvalue weighted by Gasteiger charge is -2.08. The highest BCUT2D eigenvalue weighted by Gasteiger charge is 2.11. The van der Waals surface area contributed by atoms with E-state index in [0.29, 0.717) is 22.8 Å². The molecule has 0 bridgehead atoms. The fourth-order valence-corrected chi connectivity index (χ4v) is 4.29. The van der Waals surface area contributed by atoms with Crippen molar-refractivity contribution in [3.8, 4) is 45.6 Å². The second-order valence-electron chi connectivity index (χ2n) is 8.64. The first-order valence-electron chi connectivity index (χ1n) is 12.0.